The van der Waals surface area contributed by atoms with Gasteiger partial charge in [0.1, 0.15) is 0 Å². The first-order valence-electron chi connectivity index (χ1n) is 8.70. The van der Waals surface area contributed by atoms with Gasteiger partial charge in [0.05, 0.1) is 12.5 Å². The third kappa shape index (κ3) is 4.08. The minimum absolute atomic E-state index is 0.0121. The van der Waals surface area contributed by atoms with E-state index in [0.29, 0.717) is 13.2 Å². The van der Waals surface area contributed by atoms with Crippen molar-refractivity contribution in [2.75, 3.05) is 18.1 Å². The van der Waals surface area contributed by atoms with Gasteiger partial charge in [-0.2, -0.15) is 0 Å². The standard InChI is InChI=1S/C21H23NO3/c1-3-25-21(24)20-13-18(20)14-22(15(2)23)19-11-9-17(10-12-19)16-7-5-4-6-8-16/h4-12,18,20H,3,13-14H2,1-2H3. The lowest BCUT2D eigenvalue weighted by Gasteiger charge is -2.21. The van der Waals surface area contributed by atoms with E-state index in [2.05, 4.69) is 12.1 Å². The Kier molecular flexibility index (Phi) is 5.17. The third-order valence-electron chi connectivity index (χ3n) is 4.60. The first-order chi connectivity index (χ1) is 12.1. The van der Waals surface area contributed by atoms with Gasteiger partial charge in [0.2, 0.25) is 5.91 Å². The number of anilines is 1. The van der Waals surface area contributed by atoms with Crippen molar-refractivity contribution >= 4 is 17.6 Å². The maximum Gasteiger partial charge on any atom is 0.309 e. The lowest BCUT2D eigenvalue weighted by Crippen LogP contribution is -2.31. The molecule has 4 heteroatoms. The highest BCUT2D eigenvalue weighted by Crippen LogP contribution is 2.41. The van der Waals surface area contributed by atoms with Gasteiger partial charge in [-0.3, -0.25) is 9.59 Å². The van der Waals surface area contributed by atoms with Gasteiger partial charge in [-0.1, -0.05) is 42.5 Å². The molecule has 2 unspecified atom stereocenters. The molecule has 0 radical (unpaired) electrons. The minimum Gasteiger partial charge on any atom is -0.466 e. The van der Waals surface area contributed by atoms with Crippen LogP contribution in [-0.2, 0) is 14.3 Å². The van der Waals surface area contributed by atoms with Gasteiger partial charge in [-0.25, -0.2) is 0 Å². The SMILES string of the molecule is CCOC(=O)C1CC1CN(C(C)=O)c1ccc(-c2ccccc2)cc1. The second-order valence-electron chi connectivity index (χ2n) is 6.40. The quantitative estimate of drug-likeness (QED) is 0.751. The Labute approximate surface area is 148 Å². The molecule has 0 spiro atoms. The molecule has 25 heavy (non-hydrogen) atoms. The van der Waals surface area contributed by atoms with Crippen molar-refractivity contribution in [3.05, 3.63) is 54.6 Å². The van der Waals surface area contributed by atoms with E-state index >= 15 is 0 Å². The first kappa shape index (κ1) is 17.2. The molecular formula is C21H23NO3. The number of carbonyl (C=O) groups is 2. The summed E-state index contributed by atoms with van der Waals surface area (Å²) in [5.41, 5.74) is 3.12. The summed E-state index contributed by atoms with van der Waals surface area (Å²) in [5.74, 6) is -0.0282. The van der Waals surface area contributed by atoms with Crippen molar-refractivity contribution in [2.45, 2.75) is 20.3 Å². The second-order valence-corrected chi connectivity index (χ2v) is 6.40. The Morgan fingerprint density at radius 3 is 2.28 bits per heavy atom. The summed E-state index contributed by atoms with van der Waals surface area (Å²) < 4.78 is 5.07. The molecule has 1 aliphatic carbocycles. The van der Waals surface area contributed by atoms with Crippen LogP contribution in [0.1, 0.15) is 20.3 Å². The predicted octanol–water partition coefficient (Wildman–Crippen LogP) is 3.91. The predicted molar refractivity (Wildman–Crippen MR) is 98.1 cm³/mol. The number of benzene rings is 2. The summed E-state index contributed by atoms with van der Waals surface area (Å²) in [6, 6.07) is 18.1. The van der Waals surface area contributed by atoms with Crippen LogP contribution in [0.2, 0.25) is 0 Å². The van der Waals surface area contributed by atoms with Crippen LogP contribution in [0.5, 0.6) is 0 Å². The molecule has 2 atom stereocenters. The summed E-state index contributed by atoms with van der Waals surface area (Å²) >= 11 is 0. The topological polar surface area (TPSA) is 46.6 Å². The van der Waals surface area contributed by atoms with Crippen molar-refractivity contribution in [2.24, 2.45) is 11.8 Å². The lowest BCUT2D eigenvalue weighted by molar-refractivity contribution is -0.145. The van der Waals surface area contributed by atoms with Crippen molar-refractivity contribution in [1.29, 1.82) is 0 Å². The molecule has 0 aliphatic heterocycles. The van der Waals surface area contributed by atoms with Crippen LogP contribution >= 0.6 is 0 Å². The van der Waals surface area contributed by atoms with Gasteiger partial charge < -0.3 is 9.64 Å². The molecule has 1 aliphatic rings. The molecule has 4 nitrogen and oxygen atoms in total. The molecular weight excluding hydrogens is 314 g/mol. The van der Waals surface area contributed by atoms with Crippen LogP contribution in [-0.4, -0.2) is 25.0 Å². The highest BCUT2D eigenvalue weighted by Gasteiger charge is 2.45. The molecule has 1 fully saturated rings. The fourth-order valence-electron chi connectivity index (χ4n) is 3.10. The molecule has 0 saturated heterocycles. The Hall–Kier alpha value is -2.62. The number of hydrogen-bond donors (Lipinski definition) is 0. The average Bonchev–Trinajstić information content (AvgIpc) is 3.40. The van der Waals surface area contributed by atoms with Gasteiger partial charge in [-0.05, 0) is 42.5 Å². The second kappa shape index (κ2) is 7.51. The molecule has 2 aromatic carbocycles. The maximum atomic E-state index is 12.1. The number of amides is 1. The van der Waals surface area contributed by atoms with Crippen LogP contribution in [0, 0.1) is 11.8 Å². The van der Waals surface area contributed by atoms with E-state index in [1.807, 2.05) is 49.4 Å². The molecule has 2 aromatic rings. The smallest absolute Gasteiger partial charge is 0.309 e. The van der Waals surface area contributed by atoms with Gasteiger partial charge in [0.25, 0.3) is 0 Å². The van der Waals surface area contributed by atoms with Crippen LogP contribution in [0.15, 0.2) is 54.6 Å². The van der Waals surface area contributed by atoms with Crippen LogP contribution in [0.4, 0.5) is 5.69 Å². The third-order valence-corrected chi connectivity index (χ3v) is 4.60. The summed E-state index contributed by atoms with van der Waals surface area (Å²) in [4.78, 5) is 25.6. The number of rotatable bonds is 6. The van der Waals surface area contributed by atoms with Crippen molar-refractivity contribution in [1.82, 2.24) is 0 Å². The van der Waals surface area contributed by atoms with E-state index < -0.39 is 0 Å². The minimum atomic E-state index is -0.143. The van der Waals surface area contributed by atoms with E-state index in [0.717, 1.165) is 23.2 Å². The number of nitrogens with zero attached hydrogens (tertiary/aromatic N) is 1. The molecule has 3 rings (SSSR count). The van der Waals surface area contributed by atoms with Gasteiger partial charge in [0.15, 0.2) is 0 Å². The highest BCUT2D eigenvalue weighted by molar-refractivity contribution is 5.92. The zero-order valence-corrected chi connectivity index (χ0v) is 14.6. The number of ether oxygens (including phenoxy) is 1. The Bertz CT molecular complexity index is 739. The van der Waals surface area contributed by atoms with Gasteiger partial charge in [-0.15, -0.1) is 0 Å². The Morgan fingerprint density at radius 1 is 1.04 bits per heavy atom. The number of carbonyl (C=O) groups excluding carboxylic acids is 2. The van der Waals surface area contributed by atoms with Crippen molar-refractivity contribution in [3.63, 3.8) is 0 Å². The Balaban J connectivity index is 1.69. The number of hydrogen-bond acceptors (Lipinski definition) is 3. The van der Waals surface area contributed by atoms with Crippen LogP contribution in [0.3, 0.4) is 0 Å². The van der Waals surface area contributed by atoms with E-state index in [4.69, 9.17) is 4.74 Å². The lowest BCUT2D eigenvalue weighted by atomic mass is 10.1. The highest BCUT2D eigenvalue weighted by atomic mass is 16.5. The van der Waals surface area contributed by atoms with Crippen LogP contribution in [0.25, 0.3) is 11.1 Å². The summed E-state index contributed by atoms with van der Waals surface area (Å²) in [6.45, 7) is 4.33. The molecule has 0 N–H and O–H groups in total. The summed E-state index contributed by atoms with van der Waals surface area (Å²) in [5, 5.41) is 0. The summed E-state index contributed by atoms with van der Waals surface area (Å²) in [7, 11) is 0. The van der Waals surface area contributed by atoms with Crippen molar-refractivity contribution in [3.8, 4) is 11.1 Å². The fraction of sp³-hybridized carbons (Fsp3) is 0.333. The fourth-order valence-corrected chi connectivity index (χ4v) is 3.10. The molecule has 130 valence electrons. The monoisotopic (exact) mass is 337 g/mol. The normalized spacial score (nSPS) is 18.5. The van der Waals surface area contributed by atoms with E-state index in [1.165, 1.54) is 0 Å². The largest absolute Gasteiger partial charge is 0.466 e. The zero-order valence-electron chi connectivity index (χ0n) is 14.6. The molecule has 1 amide bonds. The first-order valence-corrected chi connectivity index (χ1v) is 8.70. The molecule has 0 bridgehead atoms. The van der Waals surface area contributed by atoms with E-state index in [9.17, 15) is 9.59 Å². The Morgan fingerprint density at radius 2 is 1.68 bits per heavy atom. The van der Waals surface area contributed by atoms with Gasteiger partial charge in [0, 0.05) is 19.2 Å². The summed E-state index contributed by atoms with van der Waals surface area (Å²) in [6.07, 6.45) is 0.796. The maximum absolute atomic E-state index is 12.1. The molecule has 0 heterocycles. The van der Waals surface area contributed by atoms with Crippen LogP contribution < -0.4 is 4.90 Å². The van der Waals surface area contributed by atoms with Gasteiger partial charge >= 0.3 is 5.97 Å². The molecule has 0 aromatic heterocycles. The van der Waals surface area contributed by atoms with E-state index in [1.54, 1.807) is 11.8 Å². The van der Waals surface area contributed by atoms with E-state index in [-0.39, 0.29) is 23.7 Å². The average molecular weight is 337 g/mol. The molecule has 1 saturated carbocycles. The van der Waals surface area contributed by atoms with Crippen molar-refractivity contribution < 1.29 is 14.3 Å². The number of esters is 1. The zero-order chi connectivity index (χ0) is 17.8.